The van der Waals surface area contributed by atoms with Gasteiger partial charge in [-0.25, -0.2) is 4.79 Å². The largest absolute Gasteiger partial charge is 0.344 e. The molecule has 10 heteroatoms. The van der Waals surface area contributed by atoms with E-state index in [-0.39, 0.29) is 5.75 Å². The summed E-state index contributed by atoms with van der Waals surface area (Å²) in [6.07, 6.45) is 0. The van der Waals surface area contributed by atoms with Crippen LogP contribution in [0.3, 0.4) is 0 Å². The highest BCUT2D eigenvalue weighted by Crippen LogP contribution is 2.28. The van der Waals surface area contributed by atoms with Crippen molar-refractivity contribution in [2.75, 3.05) is 5.75 Å². The average Bonchev–Trinajstić information content (AvgIpc) is 3.25. The van der Waals surface area contributed by atoms with E-state index in [1.54, 1.807) is 35.8 Å². The van der Waals surface area contributed by atoms with Gasteiger partial charge >= 0.3 is 6.03 Å². The average molecular weight is 451 g/mol. The van der Waals surface area contributed by atoms with Crippen molar-refractivity contribution in [1.29, 1.82) is 0 Å². The molecule has 1 saturated heterocycles. The highest BCUT2D eigenvalue weighted by Gasteiger charge is 2.49. The Bertz CT molecular complexity index is 1200. The molecule has 4 rings (SSSR count). The van der Waals surface area contributed by atoms with Crippen molar-refractivity contribution in [2.24, 2.45) is 7.05 Å². The van der Waals surface area contributed by atoms with E-state index in [0.29, 0.717) is 16.5 Å². The van der Waals surface area contributed by atoms with Gasteiger partial charge in [0.15, 0.2) is 11.0 Å². The van der Waals surface area contributed by atoms with Crippen LogP contribution in [0.15, 0.2) is 59.8 Å². The molecule has 1 aromatic heterocycles. The van der Waals surface area contributed by atoms with E-state index in [1.807, 2.05) is 44.3 Å². The third-order valence-corrected chi connectivity index (χ3v) is 6.35. The zero-order valence-electron chi connectivity index (χ0n) is 17.8. The van der Waals surface area contributed by atoms with E-state index in [2.05, 4.69) is 20.9 Å². The number of nitrogens with one attached hydrogen (secondary N) is 2. The summed E-state index contributed by atoms with van der Waals surface area (Å²) in [6.45, 7) is 3.60. The fourth-order valence-corrected chi connectivity index (χ4v) is 4.20. The van der Waals surface area contributed by atoms with Crippen LogP contribution in [-0.4, -0.2) is 43.4 Å². The lowest BCUT2D eigenvalue weighted by molar-refractivity contribution is -0.138. The third kappa shape index (κ3) is 3.84. The molecule has 1 fully saturated rings. The molecule has 2 aromatic carbocycles. The minimum atomic E-state index is -1.25. The van der Waals surface area contributed by atoms with Gasteiger partial charge in [0.1, 0.15) is 5.54 Å². The maximum absolute atomic E-state index is 12.9. The van der Waals surface area contributed by atoms with Crippen LogP contribution in [0.25, 0.3) is 11.4 Å². The van der Waals surface area contributed by atoms with Crippen molar-refractivity contribution >= 4 is 29.6 Å². The van der Waals surface area contributed by atoms with Gasteiger partial charge in [-0.05, 0) is 25.0 Å². The van der Waals surface area contributed by atoms with E-state index < -0.39 is 23.4 Å². The third-order valence-electron chi connectivity index (χ3n) is 5.33. The summed E-state index contributed by atoms with van der Waals surface area (Å²) in [5.74, 6) is -0.402. The Balaban J connectivity index is 1.41. The summed E-state index contributed by atoms with van der Waals surface area (Å²) in [7, 11) is 1.82. The van der Waals surface area contributed by atoms with Crippen molar-refractivity contribution in [3.05, 3.63) is 65.7 Å². The number of hydrazine groups is 1. The fraction of sp³-hybridized carbons (Fsp3) is 0.227. The number of urea groups is 1. The van der Waals surface area contributed by atoms with Gasteiger partial charge < -0.3 is 9.88 Å². The first-order valence-corrected chi connectivity index (χ1v) is 10.9. The van der Waals surface area contributed by atoms with Crippen molar-refractivity contribution in [1.82, 2.24) is 30.5 Å². The number of carbonyl (C=O) groups is 3. The predicted molar refractivity (Wildman–Crippen MR) is 119 cm³/mol. The molecule has 0 radical (unpaired) electrons. The summed E-state index contributed by atoms with van der Waals surface area (Å²) < 4.78 is 1.81. The zero-order valence-corrected chi connectivity index (χ0v) is 18.6. The molecule has 3 aromatic rings. The van der Waals surface area contributed by atoms with Crippen molar-refractivity contribution in [3.63, 3.8) is 0 Å². The number of carbonyl (C=O) groups excluding carboxylic acids is 3. The highest BCUT2D eigenvalue weighted by atomic mass is 32.2. The van der Waals surface area contributed by atoms with Crippen LogP contribution in [0.5, 0.6) is 0 Å². The Labute approximate surface area is 189 Å². The molecular weight excluding hydrogens is 428 g/mol. The second kappa shape index (κ2) is 8.46. The summed E-state index contributed by atoms with van der Waals surface area (Å²) >= 11 is 1.17. The molecule has 2 N–H and O–H groups in total. The van der Waals surface area contributed by atoms with Crippen LogP contribution in [0.2, 0.25) is 0 Å². The van der Waals surface area contributed by atoms with Gasteiger partial charge in [0.2, 0.25) is 5.91 Å². The van der Waals surface area contributed by atoms with Crippen LogP contribution in [0, 0.1) is 6.92 Å². The Hall–Kier alpha value is -3.66. The number of aryl methyl sites for hydroxylation is 1. The molecule has 0 unspecified atom stereocenters. The molecule has 0 aliphatic carbocycles. The number of nitrogens with zero attached hydrogens (tertiary/aromatic N) is 4. The quantitative estimate of drug-likeness (QED) is 0.441. The maximum Gasteiger partial charge on any atom is 0.344 e. The second-order valence-corrected chi connectivity index (χ2v) is 8.51. The molecule has 4 amide bonds. The number of aromatic nitrogens is 3. The van der Waals surface area contributed by atoms with Crippen molar-refractivity contribution in [3.8, 4) is 11.4 Å². The van der Waals surface area contributed by atoms with E-state index in [9.17, 15) is 14.4 Å². The lowest BCUT2D eigenvalue weighted by Crippen LogP contribution is -2.48. The monoisotopic (exact) mass is 450 g/mol. The van der Waals surface area contributed by atoms with E-state index >= 15 is 0 Å². The Morgan fingerprint density at radius 3 is 2.50 bits per heavy atom. The maximum atomic E-state index is 12.9. The number of rotatable bonds is 6. The van der Waals surface area contributed by atoms with Gasteiger partial charge in [-0.15, -0.1) is 10.2 Å². The van der Waals surface area contributed by atoms with Gasteiger partial charge in [-0.1, -0.05) is 66.4 Å². The van der Waals surface area contributed by atoms with Crippen LogP contribution in [0.4, 0.5) is 4.79 Å². The first-order valence-electron chi connectivity index (χ1n) is 9.91. The molecule has 0 spiro atoms. The van der Waals surface area contributed by atoms with Crippen LogP contribution >= 0.6 is 11.8 Å². The standard InChI is InChI=1S/C22H22N6O3S/c1-14-9-7-8-12-16(14)18-24-25-21(27(18)3)32-13-17(29)26-28-19(30)22(2,23-20(28)31)15-10-5-4-6-11-15/h4-12H,13H2,1-3H3,(H,23,31)(H,26,29)/t22-/m0/s1. The Morgan fingerprint density at radius 2 is 1.78 bits per heavy atom. The lowest BCUT2D eigenvalue weighted by atomic mass is 9.92. The molecule has 32 heavy (non-hydrogen) atoms. The molecule has 2 heterocycles. The molecular formula is C22H22N6O3S. The van der Waals surface area contributed by atoms with Crippen molar-refractivity contribution < 1.29 is 14.4 Å². The summed E-state index contributed by atoms with van der Waals surface area (Å²) in [6, 6.07) is 16.0. The number of imide groups is 1. The van der Waals surface area contributed by atoms with Crippen molar-refractivity contribution in [2.45, 2.75) is 24.5 Å². The van der Waals surface area contributed by atoms with Gasteiger partial charge in [0, 0.05) is 12.6 Å². The fourth-order valence-electron chi connectivity index (χ4n) is 3.49. The summed E-state index contributed by atoms with van der Waals surface area (Å²) in [4.78, 5) is 37.8. The first kappa shape index (κ1) is 21.6. The lowest BCUT2D eigenvalue weighted by Gasteiger charge is -2.22. The molecule has 9 nitrogen and oxygen atoms in total. The topological polar surface area (TPSA) is 109 Å². The SMILES string of the molecule is Cc1ccccc1-c1nnc(SCC(=O)NN2C(=O)N[C@@](C)(c3ccccc3)C2=O)n1C. The normalized spacial score (nSPS) is 18.0. The molecule has 0 bridgehead atoms. The van der Waals surface area contributed by atoms with Crippen LogP contribution in [-0.2, 0) is 22.2 Å². The predicted octanol–water partition coefficient (Wildman–Crippen LogP) is 2.38. The van der Waals surface area contributed by atoms with E-state index in [4.69, 9.17) is 0 Å². The Kier molecular flexibility index (Phi) is 5.70. The van der Waals surface area contributed by atoms with E-state index in [0.717, 1.165) is 16.1 Å². The molecule has 0 saturated carbocycles. The minimum absolute atomic E-state index is 0.0428. The number of thioether (sulfide) groups is 1. The zero-order chi connectivity index (χ0) is 22.9. The number of hydrogen-bond acceptors (Lipinski definition) is 6. The molecule has 164 valence electrons. The van der Waals surface area contributed by atoms with Gasteiger partial charge in [0.05, 0.1) is 5.75 Å². The number of benzene rings is 2. The Morgan fingerprint density at radius 1 is 1.09 bits per heavy atom. The molecule has 1 atom stereocenters. The molecule has 1 aliphatic heterocycles. The highest BCUT2D eigenvalue weighted by molar-refractivity contribution is 7.99. The smallest absolute Gasteiger partial charge is 0.318 e. The van der Waals surface area contributed by atoms with Crippen LogP contribution in [0.1, 0.15) is 18.1 Å². The van der Waals surface area contributed by atoms with Crippen LogP contribution < -0.4 is 10.7 Å². The van der Waals surface area contributed by atoms with Gasteiger partial charge in [-0.2, -0.15) is 5.01 Å². The minimum Gasteiger partial charge on any atom is -0.318 e. The summed E-state index contributed by atoms with van der Waals surface area (Å²) in [5, 5.41) is 12.3. The van der Waals surface area contributed by atoms with Gasteiger partial charge in [-0.3, -0.25) is 15.0 Å². The number of amides is 4. The molecule has 1 aliphatic rings. The first-order chi connectivity index (χ1) is 15.3. The second-order valence-electron chi connectivity index (χ2n) is 7.57. The summed E-state index contributed by atoms with van der Waals surface area (Å²) in [5.41, 5.74) is 3.81. The van der Waals surface area contributed by atoms with E-state index in [1.165, 1.54) is 11.8 Å². The number of hydrogen-bond donors (Lipinski definition) is 2. The van der Waals surface area contributed by atoms with Gasteiger partial charge in [0.25, 0.3) is 5.91 Å².